The van der Waals surface area contributed by atoms with Gasteiger partial charge in [-0.25, -0.2) is 9.59 Å². The van der Waals surface area contributed by atoms with E-state index in [-0.39, 0.29) is 60.8 Å². The molecule has 0 fully saturated rings. The van der Waals surface area contributed by atoms with Crippen LogP contribution >= 0.6 is 0 Å². The van der Waals surface area contributed by atoms with Gasteiger partial charge in [0.15, 0.2) is 0 Å². The molecule has 1 aliphatic heterocycles. The molecule has 16 heteroatoms. The van der Waals surface area contributed by atoms with E-state index < -0.39 is 47.7 Å². The van der Waals surface area contributed by atoms with Crippen molar-refractivity contribution < 1.29 is 50.6 Å². The normalized spacial score (nSPS) is 17.4. The van der Waals surface area contributed by atoms with Crippen LogP contribution in [0.25, 0.3) is 0 Å². The fraction of sp³-hybridized carbons (Fsp3) is 0.364. The number of hydrogen-bond acceptors (Lipinski definition) is 5. The number of amides is 5. The largest absolute Gasteiger partial charge is 0.488 e. The highest BCUT2D eigenvalue weighted by Gasteiger charge is 2.33. The summed E-state index contributed by atoms with van der Waals surface area (Å²) in [5.74, 6) is -0.426. The quantitative estimate of drug-likeness (QED) is 0.206. The first-order valence-corrected chi connectivity index (χ1v) is 15.1. The van der Waals surface area contributed by atoms with Gasteiger partial charge in [0.1, 0.15) is 11.9 Å². The van der Waals surface area contributed by atoms with Crippen molar-refractivity contribution in [1.29, 1.82) is 0 Å². The van der Waals surface area contributed by atoms with Gasteiger partial charge in [-0.1, -0.05) is 6.92 Å². The number of aliphatic hydroxyl groups excluding tert-OH is 1. The number of nitrogens with one attached hydrogen (secondary N) is 3. The lowest BCUT2D eigenvalue weighted by atomic mass is 10.0. The number of rotatable bonds is 7. The first kappa shape index (κ1) is 36.8. The predicted octanol–water partition coefficient (Wildman–Crippen LogP) is 6.68. The molecule has 3 atom stereocenters. The number of alkyl halides is 6. The van der Waals surface area contributed by atoms with Gasteiger partial charge >= 0.3 is 24.4 Å². The Balaban J connectivity index is 1.52. The molecular formula is C33H35F6N5O5. The number of carbonyl (C=O) groups excluding carboxylic acids is 3. The number of nitrogens with zero attached hydrogens (tertiary/aromatic N) is 2. The van der Waals surface area contributed by atoms with E-state index in [1.54, 1.807) is 6.92 Å². The van der Waals surface area contributed by atoms with Crippen molar-refractivity contribution in [3.63, 3.8) is 0 Å². The number of fused-ring (bicyclic) bond motifs is 1. The number of anilines is 3. The molecule has 4 rings (SSSR count). The van der Waals surface area contributed by atoms with Crippen molar-refractivity contribution in [2.75, 3.05) is 42.7 Å². The van der Waals surface area contributed by atoms with Crippen LogP contribution in [0.15, 0.2) is 66.7 Å². The van der Waals surface area contributed by atoms with E-state index in [4.69, 9.17) is 4.74 Å². The molecule has 0 saturated heterocycles. The number of ether oxygens (including phenoxy) is 1. The van der Waals surface area contributed by atoms with E-state index >= 15 is 0 Å². The first-order valence-electron chi connectivity index (χ1n) is 15.1. The summed E-state index contributed by atoms with van der Waals surface area (Å²) in [7, 11) is 1.48. The smallest absolute Gasteiger partial charge is 0.416 e. The molecule has 49 heavy (non-hydrogen) atoms. The van der Waals surface area contributed by atoms with Crippen LogP contribution < -0.4 is 20.7 Å². The summed E-state index contributed by atoms with van der Waals surface area (Å²) in [5, 5.41) is 17.4. The van der Waals surface area contributed by atoms with Crippen molar-refractivity contribution in [2.24, 2.45) is 5.92 Å². The van der Waals surface area contributed by atoms with Crippen molar-refractivity contribution in [1.82, 2.24) is 9.80 Å². The van der Waals surface area contributed by atoms with Gasteiger partial charge in [-0.3, -0.25) is 4.79 Å². The SMILES string of the molecule is C[C@H]1CN([C@@H](C)CO)C(=O)Cc2cc(NC(=O)Nc3ccc(C(F)(F)F)cc3)ccc2O[C@H]1CN(C)C(=O)Nc1ccc(C(F)(F)F)cc1. The molecule has 10 nitrogen and oxygen atoms in total. The highest BCUT2D eigenvalue weighted by molar-refractivity contribution is 6.00. The van der Waals surface area contributed by atoms with E-state index in [1.807, 2.05) is 6.92 Å². The number of urea groups is 2. The molecule has 0 saturated carbocycles. The van der Waals surface area contributed by atoms with Crippen LogP contribution in [0.4, 0.5) is 53.0 Å². The number of likely N-dealkylation sites (N-methyl/N-ethyl adjacent to an activating group) is 1. The minimum atomic E-state index is -4.53. The molecule has 0 aliphatic carbocycles. The van der Waals surface area contributed by atoms with Gasteiger partial charge in [0.05, 0.1) is 36.7 Å². The summed E-state index contributed by atoms with van der Waals surface area (Å²) in [4.78, 5) is 41.9. The lowest BCUT2D eigenvalue weighted by Gasteiger charge is -2.34. The molecule has 1 heterocycles. The Morgan fingerprint density at radius 1 is 0.898 bits per heavy atom. The Labute approximate surface area is 278 Å². The maximum Gasteiger partial charge on any atom is 0.416 e. The van der Waals surface area contributed by atoms with Crippen molar-refractivity contribution >= 4 is 35.0 Å². The van der Waals surface area contributed by atoms with Gasteiger partial charge in [0, 0.05) is 42.1 Å². The number of hydrogen-bond donors (Lipinski definition) is 4. The van der Waals surface area contributed by atoms with Gasteiger partial charge in [-0.05, 0) is 73.7 Å². The standard InChI is InChI=1S/C33H35F6N5O5/c1-19-16-44(20(2)18-45)29(46)15-21-14-26(41-30(47)40-24-8-4-22(5-9-24)32(34,35)36)12-13-27(21)49-28(19)17-43(3)31(48)42-25-10-6-23(7-11-25)33(37,38)39/h4-14,19-20,28,45H,15-18H2,1-3H3,(H,42,48)(H2,40,41,47)/t19-,20-,28-/m0/s1. The highest BCUT2D eigenvalue weighted by Crippen LogP contribution is 2.32. The van der Waals surface area contributed by atoms with Gasteiger partial charge in [0.2, 0.25) is 5.91 Å². The zero-order valence-corrected chi connectivity index (χ0v) is 26.7. The van der Waals surface area contributed by atoms with E-state index in [0.717, 1.165) is 48.5 Å². The maximum atomic E-state index is 13.5. The molecule has 1 aliphatic rings. The second-order valence-electron chi connectivity index (χ2n) is 11.8. The second kappa shape index (κ2) is 15.1. The Kier molecular flexibility index (Phi) is 11.3. The maximum absolute atomic E-state index is 13.5. The highest BCUT2D eigenvalue weighted by atomic mass is 19.4. The number of benzene rings is 3. The number of carbonyl (C=O) groups is 3. The average Bonchev–Trinajstić information content (AvgIpc) is 3.07. The molecule has 4 N–H and O–H groups in total. The molecule has 0 unspecified atom stereocenters. The van der Waals surface area contributed by atoms with Crippen molar-refractivity contribution in [2.45, 2.75) is 44.8 Å². The Morgan fingerprint density at radius 2 is 1.41 bits per heavy atom. The number of halogens is 6. The average molecular weight is 696 g/mol. The molecule has 0 aromatic heterocycles. The summed E-state index contributed by atoms with van der Waals surface area (Å²) in [6.07, 6.45) is -9.93. The summed E-state index contributed by atoms with van der Waals surface area (Å²) < 4.78 is 83.7. The van der Waals surface area contributed by atoms with Gasteiger partial charge in [-0.15, -0.1) is 0 Å². The Hall–Kier alpha value is -4.99. The molecule has 0 spiro atoms. The van der Waals surface area contributed by atoms with E-state index in [1.165, 1.54) is 35.0 Å². The van der Waals surface area contributed by atoms with Crippen molar-refractivity contribution in [3.05, 3.63) is 83.4 Å². The third kappa shape index (κ3) is 9.78. The molecular weight excluding hydrogens is 660 g/mol. The summed E-state index contributed by atoms with van der Waals surface area (Å²) in [6, 6.07) is 10.5. The molecule has 3 aromatic rings. The Bertz CT molecular complexity index is 1630. The molecule has 3 aromatic carbocycles. The van der Waals surface area contributed by atoms with Gasteiger partial charge in [-0.2, -0.15) is 26.3 Å². The van der Waals surface area contributed by atoms with Gasteiger partial charge in [0.25, 0.3) is 0 Å². The van der Waals surface area contributed by atoms with Crippen molar-refractivity contribution in [3.8, 4) is 5.75 Å². The van der Waals surface area contributed by atoms with Crippen LogP contribution in [0.1, 0.15) is 30.5 Å². The summed E-state index contributed by atoms with van der Waals surface area (Å²) in [6.45, 7) is 3.32. The van der Waals surface area contributed by atoms with Crippen LogP contribution in [0.2, 0.25) is 0 Å². The topological polar surface area (TPSA) is 123 Å². The summed E-state index contributed by atoms with van der Waals surface area (Å²) in [5.41, 5.74) is -0.844. The zero-order valence-electron chi connectivity index (χ0n) is 26.7. The molecule has 264 valence electrons. The molecule has 0 bridgehead atoms. The molecule has 0 radical (unpaired) electrons. The van der Waals surface area contributed by atoms with Crippen LogP contribution in [-0.2, 0) is 23.6 Å². The van der Waals surface area contributed by atoms with E-state index in [9.17, 15) is 45.8 Å². The molecule has 5 amide bonds. The number of aliphatic hydroxyl groups is 1. The minimum absolute atomic E-state index is 0.00184. The fourth-order valence-electron chi connectivity index (χ4n) is 5.08. The Morgan fingerprint density at radius 3 is 1.94 bits per heavy atom. The monoisotopic (exact) mass is 695 g/mol. The van der Waals surface area contributed by atoms with Crippen LogP contribution in [-0.4, -0.2) is 71.8 Å². The predicted molar refractivity (Wildman–Crippen MR) is 169 cm³/mol. The lowest BCUT2D eigenvalue weighted by molar-refractivity contribution is -0.138. The third-order valence-electron chi connectivity index (χ3n) is 7.91. The van der Waals surface area contributed by atoms with E-state index in [2.05, 4.69) is 16.0 Å². The second-order valence-corrected chi connectivity index (χ2v) is 11.8. The third-order valence-corrected chi connectivity index (χ3v) is 7.91. The van der Waals surface area contributed by atoms with Crippen LogP contribution in [0, 0.1) is 5.92 Å². The minimum Gasteiger partial charge on any atom is -0.488 e. The van der Waals surface area contributed by atoms with Gasteiger partial charge < -0.3 is 35.6 Å². The van der Waals surface area contributed by atoms with Crippen LogP contribution in [0.3, 0.4) is 0 Å². The summed E-state index contributed by atoms with van der Waals surface area (Å²) >= 11 is 0. The van der Waals surface area contributed by atoms with E-state index in [0.29, 0.717) is 5.56 Å². The lowest BCUT2D eigenvalue weighted by Crippen LogP contribution is -2.48. The fourth-order valence-corrected chi connectivity index (χ4v) is 5.08. The van der Waals surface area contributed by atoms with Crippen LogP contribution in [0.5, 0.6) is 5.75 Å². The zero-order chi connectivity index (χ0) is 36.1. The first-order chi connectivity index (χ1) is 22.9.